The van der Waals surface area contributed by atoms with Crippen LogP contribution in [0.3, 0.4) is 0 Å². The Morgan fingerprint density at radius 2 is 0.722 bits per heavy atom. The Morgan fingerprint density at radius 3 is 1.04 bits per heavy atom. The number of alkyl halides is 2. The molecule has 0 aromatic heterocycles. The fourth-order valence-electron chi connectivity index (χ4n) is 25.3. The summed E-state index contributed by atoms with van der Waals surface area (Å²) in [4.78, 5) is 134. The van der Waals surface area contributed by atoms with Crippen molar-refractivity contribution >= 4 is 140 Å². The third kappa shape index (κ3) is 19.2. The van der Waals surface area contributed by atoms with Crippen molar-refractivity contribution in [2.24, 2.45) is 79.8 Å². The van der Waals surface area contributed by atoms with Crippen LogP contribution in [0.25, 0.3) is 0 Å². The fraction of sp³-hybridized carbons (Fsp3) is 0.638. The maximum Gasteiger partial charge on any atom is 0.338 e. The number of halogens is 2. The van der Waals surface area contributed by atoms with Crippen LogP contribution in [0, 0.1) is 79.8 Å². The first-order valence-corrected chi connectivity index (χ1v) is 57.1. The molecule has 33 atom stereocenters. The Hall–Kier alpha value is -4.75. The molecule has 10 unspecified atom stereocenters. The topological polar surface area (TPSA) is 477 Å². The highest BCUT2D eigenvalue weighted by Gasteiger charge is 2.80. The Morgan fingerprint density at radius 1 is 0.421 bits per heavy atom. The van der Waals surface area contributed by atoms with Crippen molar-refractivity contribution in [3.05, 3.63) is 141 Å². The van der Waals surface area contributed by atoms with Crippen molar-refractivity contribution < 1.29 is 147 Å². The maximum absolute atomic E-state index is 14.8. The molecule has 6 saturated carbocycles. The SMILES string of the molecule is CC(=O)O[C@@]12CO[C@@H]1C[C@H](O)[C@]1(C)C2[C@H](OC(=O)c2ccccc2)C2C[C@H](O)C(C)=C([C@@H](C(C)=O)[C@H]1O)C2(C)C.CC(=O)O[C@@]12CO[C@@H]1C[C@H](OP(P(P)P)P(P)P)[C@]1(C)C2[C@H](OC(=O)c2ccccc2)C2C[C@H](O)C(C)=C([C@@H](C(C)=O)[C@H]1O)C2(C)C.CC(=O)O[C@H]1C(=O)[C@@]2(C)C([C@H](OC(=O)c3ccccc3)C3C[C@H](O)C(C)=C1C3(C)C)[C@]1(OC(C)=O)CO[C@@H]1C[C@@H]2O.ClCCl.O.O. The lowest BCUT2D eigenvalue weighted by Crippen LogP contribution is -2.79. The molecule has 9 aliphatic carbocycles. The van der Waals surface area contributed by atoms with Gasteiger partial charge < -0.3 is 98.6 Å². The molecule has 3 aromatic rings. The van der Waals surface area contributed by atoms with Gasteiger partial charge in [0.15, 0.2) is 28.7 Å². The molecule has 6 bridgehead atoms. The molecule has 3 saturated heterocycles. The summed E-state index contributed by atoms with van der Waals surface area (Å²) in [5.41, 5.74) is -6.61. The van der Waals surface area contributed by atoms with Crippen LogP contribution in [0.15, 0.2) is 124 Å². The van der Waals surface area contributed by atoms with E-state index in [4.69, 9.17) is 75.1 Å². The van der Waals surface area contributed by atoms with E-state index in [2.05, 4.69) is 35.7 Å². The summed E-state index contributed by atoms with van der Waals surface area (Å²) < 4.78 is 68.3. The van der Waals surface area contributed by atoms with Gasteiger partial charge >= 0.3 is 41.8 Å². The zero-order chi connectivity index (χ0) is 96.9. The third-order valence-electron chi connectivity index (χ3n) is 31.5. The molecule has 3 aromatic carbocycles. The number of aliphatic hydroxyl groups excluding tert-OH is 7. The number of aliphatic hydroxyl groups is 7. The van der Waals surface area contributed by atoms with Crippen LogP contribution >= 0.6 is 80.4 Å². The number of esters is 7. The molecule has 11 N–H and O–H groups in total. The molecule has 3 aliphatic heterocycles. The highest BCUT2D eigenvalue weighted by Crippen LogP contribution is 2.98. The van der Waals surface area contributed by atoms with E-state index in [0.29, 0.717) is 51.0 Å². The number of hydrogen-bond acceptors (Lipinski definition) is 28. The molecule has 736 valence electrons. The van der Waals surface area contributed by atoms with Gasteiger partial charge in [0, 0.05) is 75.5 Å². The number of benzene rings is 3. The Bertz CT molecular complexity index is 4960. The lowest BCUT2D eigenvalue weighted by atomic mass is 9.44. The van der Waals surface area contributed by atoms with Crippen LogP contribution in [0.5, 0.6) is 0 Å². The summed E-state index contributed by atoms with van der Waals surface area (Å²) in [7, 11) is 10.4. The lowest BCUT2D eigenvalue weighted by molar-refractivity contribution is -0.352. The molecule has 0 spiro atoms. The molecule has 15 rings (SSSR count). The van der Waals surface area contributed by atoms with Crippen molar-refractivity contribution in [2.45, 2.75) is 272 Å². The van der Waals surface area contributed by atoms with Gasteiger partial charge in [-0.1, -0.05) is 110 Å². The Kier molecular flexibility index (Phi) is 34.7. The van der Waals surface area contributed by atoms with Crippen molar-refractivity contribution in [3.8, 4) is 0 Å². The molecule has 30 nitrogen and oxygen atoms in total. The molecule has 39 heteroatoms. The summed E-state index contributed by atoms with van der Waals surface area (Å²) in [5.74, 6) is -12.0. The predicted octanol–water partition coefficient (Wildman–Crippen LogP) is 11.9. The van der Waals surface area contributed by atoms with E-state index >= 15 is 0 Å². The first-order chi connectivity index (χ1) is 61.1. The van der Waals surface area contributed by atoms with Gasteiger partial charge in [-0.05, 0) is 161 Å². The summed E-state index contributed by atoms with van der Waals surface area (Å²) in [6, 6.07) is 25.6. The van der Waals surface area contributed by atoms with Crippen molar-refractivity contribution in [1.82, 2.24) is 0 Å². The number of carbonyl (C=O) groups is 10. The van der Waals surface area contributed by atoms with Gasteiger partial charge in [-0.3, -0.25) is 33.6 Å². The quantitative estimate of drug-likeness (QED) is 0.0230. The summed E-state index contributed by atoms with van der Waals surface area (Å²) in [5, 5.41) is 82.8. The van der Waals surface area contributed by atoms with Crippen molar-refractivity contribution in [2.75, 3.05) is 25.2 Å². The van der Waals surface area contributed by atoms with Crippen LogP contribution in [-0.2, 0) is 85.5 Å². The average Bonchev–Trinajstić information content (AvgIpc) is 0.680. The largest absolute Gasteiger partial charge is 0.458 e. The molecular formula is C94H131Cl2O30P7. The zero-order valence-corrected chi connectivity index (χ0v) is 86.9. The molecule has 133 heavy (non-hydrogen) atoms. The van der Waals surface area contributed by atoms with Gasteiger partial charge in [0.1, 0.15) is 48.2 Å². The first kappa shape index (κ1) is 110. The monoisotopic (exact) mass is 2030 g/mol. The molecule has 3 heterocycles. The van der Waals surface area contributed by atoms with E-state index in [-0.39, 0.29) is 85.3 Å². The third-order valence-corrected chi connectivity index (χ3v) is 53.9. The van der Waals surface area contributed by atoms with Crippen molar-refractivity contribution in [1.29, 1.82) is 0 Å². The van der Waals surface area contributed by atoms with Gasteiger partial charge in [0.05, 0.1) is 133 Å². The summed E-state index contributed by atoms with van der Waals surface area (Å²) >= 11 is 9.53. The smallest absolute Gasteiger partial charge is 0.338 e. The summed E-state index contributed by atoms with van der Waals surface area (Å²) in [6.07, 6.45) is -14.4. The van der Waals surface area contributed by atoms with Crippen molar-refractivity contribution in [3.63, 3.8) is 0 Å². The second-order valence-corrected chi connectivity index (χ2v) is 64.0. The predicted molar refractivity (Wildman–Crippen MR) is 511 cm³/mol. The minimum atomic E-state index is -1.69. The highest BCUT2D eigenvalue weighted by atomic mass is 35.5. The maximum atomic E-state index is 14.8. The number of ether oxygens (including phenoxy) is 10. The van der Waals surface area contributed by atoms with E-state index < -0.39 is 257 Å². The van der Waals surface area contributed by atoms with E-state index in [1.807, 2.05) is 61.5 Å². The Balaban J connectivity index is 0.000000203. The van der Waals surface area contributed by atoms with Gasteiger partial charge in [-0.15, -0.1) is 58.9 Å². The first-order valence-electron chi connectivity index (χ1n) is 44.2. The van der Waals surface area contributed by atoms with Crippen LogP contribution in [0.4, 0.5) is 0 Å². The minimum absolute atomic E-state index is 0. The average molecular weight is 2030 g/mol. The summed E-state index contributed by atoms with van der Waals surface area (Å²) in [6.45, 7) is 28.5. The second-order valence-electron chi connectivity index (χ2n) is 39.6. The molecule has 0 amide bonds. The van der Waals surface area contributed by atoms with Gasteiger partial charge in [0.25, 0.3) is 0 Å². The van der Waals surface area contributed by atoms with Crippen LogP contribution in [-0.4, -0.2) is 239 Å². The number of hydrogen-bond donors (Lipinski definition) is 7. The number of Topliss-reactive ketones (excluding diaryl/α,β-unsaturated/α-hetero) is 3. The van der Waals surface area contributed by atoms with E-state index in [0.717, 1.165) is 0 Å². The number of carbonyl (C=O) groups excluding carboxylic acids is 10. The van der Waals surface area contributed by atoms with E-state index in [1.165, 1.54) is 41.5 Å². The van der Waals surface area contributed by atoms with E-state index in [9.17, 15) is 83.7 Å². The number of ketones is 3. The molecular weight excluding hydrogens is 1900 g/mol. The van der Waals surface area contributed by atoms with Crippen LogP contribution in [0.2, 0.25) is 0 Å². The Labute approximate surface area is 798 Å². The standard InChI is InChI=1S/C31H38O10.C31H47O9P7.C31H40O9.CH2Cl2.2H2O/c1-15-20(34)12-19-24(40-28(37)18-10-8-7-9-11-18)26-30(6,21(35)13-22-31(26,14-38-22)41-17(3)33)27(36)25(39-16(2)32)23(15)29(19,4)5;1-15-20(34)12-19-25(38-28(36)18-10-8-7-9-11-18)26-30(6,27(35)23(16(2)32)24(15)29(19,4)5)21(40-45(46(41)42)47(43)44)13-22-31(26,14-37-22)39-17(3)33;1-15-20(34)12-19-25(39-28(37)18-10-8-7-9-11-18)26-30(6,27(36)23(16(2)32)24(15)29(19,4)5)21(35)13-22-31(26,14-38-22)40-17(3)33;2-1-3;;/h7-11,19-22,24-26,34-35H,12-14H2,1-6H3;7-11,19-23,25-27,34-35H,12-14,41-44H2,1-6H3;7-11,19-23,25-27,34-36H,12-14H2,1-6H3;1H2;2*1H2/t19?,20-,21-,22+,24+,25+,26?,30+,31-;2*19?,20-,21-,22+,23+,25+,26?,27+,30+,31-;;;/m000.../s1. The lowest BCUT2D eigenvalue weighted by Gasteiger charge is -2.68. The molecule has 9 fully saturated rings. The zero-order valence-electron chi connectivity index (χ0n) is 78.1. The number of rotatable bonds is 16. The second kappa shape index (κ2) is 41.8. The van der Waals surface area contributed by atoms with Gasteiger partial charge in [-0.25, -0.2) is 14.4 Å². The fourth-order valence-corrected chi connectivity index (χ4v) is 58.2. The van der Waals surface area contributed by atoms with Gasteiger partial charge in [-0.2, -0.15) is 0 Å². The van der Waals surface area contributed by atoms with Crippen LogP contribution < -0.4 is 0 Å². The number of fused-ring (bicyclic) bond motifs is 15. The van der Waals surface area contributed by atoms with Crippen LogP contribution in [0.1, 0.15) is 194 Å². The van der Waals surface area contributed by atoms with Gasteiger partial charge in [0.2, 0.25) is 0 Å². The highest BCUT2D eigenvalue weighted by molar-refractivity contribution is 8.96. The molecule has 0 radical (unpaired) electrons. The molecule has 12 aliphatic rings. The van der Waals surface area contributed by atoms with E-state index in [1.54, 1.807) is 113 Å². The minimum Gasteiger partial charge on any atom is -0.458 e. The normalized spacial score (nSPS) is 38.2.